The molecule has 17 heavy (non-hydrogen) atoms. The number of ether oxygens (including phenoxy) is 1. The molecule has 92 valence electrons. The minimum absolute atomic E-state index is 0.144. The predicted molar refractivity (Wildman–Crippen MR) is 64.1 cm³/mol. The van der Waals surface area contributed by atoms with Crippen LogP contribution < -0.4 is 0 Å². The van der Waals surface area contributed by atoms with Gasteiger partial charge in [-0.2, -0.15) is 0 Å². The van der Waals surface area contributed by atoms with Gasteiger partial charge in [0, 0.05) is 37.7 Å². The summed E-state index contributed by atoms with van der Waals surface area (Å²) in [7, 11) is 0. The third kappa shape index (κ3) is 3.51. The van der Waals surface area contributed by atoms with Gasteiger partial charge in [0.05, 0.1) is 18.1 Å². The van der Waals surface area contributed by atoms with Crippen molar-refractivity contribution in [1.82, 2.24) is 4.90 Å². The molecule has 5 heteroatoms. The fourth-order valence-corrected chi connectivity index (χ4v) is 1.96. The van der Waals surface area contributed by atoms with Gasteiger partial charge in [-0.15, -0.1) is 0 Å². The lowest BCUT2D eigenvalue weighted by Gasteiger charge is -2.28. The molecule has 0 spiro atoms. The highest BCUT2D eigenvalue weighted by Crippen LogP contribution is 2.13. The third-order valence-electron chi connectivity index (χ3n) is 2.92. The standard InChI is InChI=1S/C12H16N2O3/c15-14(16)12-3-1-2-11(4-5-12)10-13-6-8-17-9-7-13/h1-5,11H,6-10H2. The van der Waals surface area contributed by atoms with Crippen molar-refractivity contribution in [2.24, 2.45) is 5.92 Å². The second-order valence-electron chi connectivity index (χ2n) is 4.17. The molecule has 1 fully saturated rings. The number of rotatable bonds is 3. The molecule has 0 amide bonds. The van der Waals surface area contributed by atoms with E-state index in [0.29, 0.717) is 0 Å². The van der Waals surface area contributed by atoms with E-state index in [1.165, 1.54) is 6.08 Å². The molecule has 1 atom stereocenters. The quantitative estimate of drug-likeness (QED) is 0.546. The number of morpholine rings is 1. The van der Waals surface area contributed by atoms with Crippen molar-refractivity contribution in [2.45, 2.75) is 0 Å². The van der Waals surface area contributed by atoms with E-state index in [4.69, 9.17) is 4.74 Å². The molecule has 0 N–H and O–H groups in total. The van der Waals surface area contributed by atoms with Crippen molar-refractivity contribution in [3.8, 4) is 0 Å². The van der Waals surface area contributed by atoms with Crippen LogP contribution >= 0.6 is 0 Å². The van der Waals surface area contributed by atoms with E-state index in [1.54, 1.807) is 12.2 Å². The molecule has 5 nitrogen and oxygen atoms in total. The Bertz CT molecular complexity index is 368. The molecule has 1 unspecified atom stereocenters. The minimum atomic E-state index is -0.363. The molecule has 0 bridgehead atoms. The highest BCUT2D eigenvalue weighted by atomic mass is 16.6. The first kappa shape index (κ1) is 12.0. The lowest BCUT2D eigenvalue weighted by molar-refractivity contribution is -0.419. The van der Waals surface area contributed by atoms with E-state index in [9.17, 15) is 10.1 Å². The monoisotopic (exact) mass is 236 g/mol. The predicted octanol–water partition coefficient (Wildman–Crippen LogP) is 1.22. The lowest BCUT2D eigenvalue weighted by Crippen LogP contribution is -2.38. The Kier molecular flexibility index (Phi) is 4.06. The van der Waals surface area contributed by atoms with Crippen LogP contribution in [0.4, 0.5) is 0 Å². The molecule has 2 rings (SSSR count). The first-order valence-corrected chi connectivity index (χ1v) is 5.77. The normalized spacial score (nSPS) is 25.4. The Hall–Kier alpha value is -1.46. The molecule has 1 aliphatic heterocycles. The van der Waals surface area contributed by atoms with E-state index in [-0.39, 0.29) is 16.5 Å². The van der Waals surface area contributed by atoms with Crippen molar-refractivity contribution >= 4 is 0 Å². The van der Waals surface area contributed by atoms with Gasteiger partial charge in [0.15, 0.2) is 0 Å². The summed E-state index contributed by atoms with van der Waals surface area (Å²) in [5.74, 6) is 0.238. The maximum atomic E-state index is 10.6. The van der Waals surface area contributed by atoms with Gasteiger partial charge >= 0.3 is 0 Å². The zero-order chi connectivity index (χ0) is 12.1. The van der Waals surface area contributed by atoms with Gasteiger partial charge in [-0.1, -0.05) is 18.2 Å². The van der Waals surface area contributed by atoms with Crippen LogP contribution in [0.25, 0.3) is 0 Å². The van der Waals surface area contributed by atoms with E-state index in [0.717, 1.165) is 32.8 Å². The first-order chi connectivity index (χ1) is 8.25. The largest absolute Gasteiger partial charge is 0.379 e. The summed E-state index contributed by atoms with van der Waals surface area (Å²) in [5, 5.41) is 10.6. The summed E-state index contributed by atoms with van der Waals surface area (Å²) in [5.41, 5.74) is 0.144. The molecule has 1 aliphatic carbocycles. The molecule has 0 aromatic rings. The van der Waals surface area contributed by atoms with E-state index >= 15 is 0 Å². The van der Waals surface area contributed by atoms with Crippen molar-refractivity contribution < 1.29 is 9.66 Å². The van der Waals surface area contributed by atoms with Crippen LogP contribution in [0.5, 0.6) is 0 Å². The Morgan fingerprint density at radius 2 is 2.18 bits per heavy atom. The van der Waals surface area contributed by atoms with Crippen molar-refractivity contribution in [2.75, 3.05) is 32.8 Å². The van der Waals surface area contributed by atoms with Crippen molar-refractivity contribution in [3.05, 3.63) is 46.2 Å². The zero-order valence-electron chi connectivity index (χ0n) is 9.62. The summed E-state index contributed by atoms with van der Waals surface area (Å²) in [4.78, 5) is 12.6. The summed E-state index contributed by atoms with van der Waals surface area (Å²) >= 11 is 0. The SMILES string of the molecule is O=[N+]([O-])C1=CC=CC(CN2CCOCC2)C=C1. The number of allylic oxidation sites excluding steroid dienone is 3. The van der Waals surface area contributed by atoms with Crippen LogP contribution in [0.15, 0.2) is 36.1 Å². The summed E-state index contributed by atoms with van der Waals surface area (Å²) < 4.78 is 5.28. The Balaban J connectivity index is 1.91. The topological polar surface area (TPSA) is 55.6 Å². The first-order valence-electron chi connectivity index (χ1n) is 5.77. The smallest absolute Gasteiger partial charge is 0.269 e. The molecular formula is C12H16N2O3. The fraction of sp³-hybridized carbons (Fsp3) is 0.500. The van der Waals surface area contributed by atoms with Crippen molar-refractivity contribution in [3.63, 3.8) is 0 Å². The highest BCUT2D eigenvalue weighted by molar-refractivity contribution is 5.24. The molecular weight excluding hydrogens is 220 g/mol. The van der Waals surface area contributed by atoms with E-state index in [2.05, 4.69) is 4.90 Å². The van der Waals surface area contributed by atoms with Gasteiger partial charge in [-0.05, 0) is 0 Å². The van der Waals surface area contributed by atoms with E-state index in [1.807, 2.05) is 12.2 Å². The Morgan fingerprint density at radius 1 is 1.41 bits per heavy atom. The number of hydrogen-bond donors (Lipinski definition) is 0. The second kappa shape index (κ2) is 5.75. The van der Waals surface area contributed by atoms with Crippen LogP contribution in [0, 0.1) is 16.0 Å². The lowest BCUT2D eigenvalue weighted by atomic mass is 10.1. The fourth-order valence-electron chi connectivity index (χ4n) is 1.96. The number of hydrogen-bond acceptors (Lipinski definition) is 4. The van der Waals surface area contributed by atoms with Gasteiger partial charge in [-0.25, -0.2) is 0 Å². The molecule has 2 aliphatic rings. The van der Waals surface area contributed by atoms with Crippen LogP contribution in [0.2, 0.25) is 0 Å². The van der Waals surface area contributed by atoms with Crippen molar-refractivity contribution in [1.29, 1.82) is 0 Å². The van der Waals surface area contributed by atoms with Gasteiger partial charge in [0.1, 0.15) is 0 Å². The van der Waals surface area contributed by atoms with Gasteiger partial charge in [0.2, 0.25) is 0 Å². The number of nitrogens with zero attached hydrogens (tertiary/aromatic N) is 2. The zero-order valence-corrected chi connectivity index (χ0v) is 9.62. The highest BCUT2D eigenvalue weighted by Gasteiger charge is 2.15. The maximum Gasteiger partial charge on any atom is 0.269 e. The molecule has 0 aromatic heterocycles. The van der Waals surface area contributed by atoms with Crippen LogP contribution in [-0.4, -0.2) is 42.7 Å². The summed E-state index contributed by atoms with van der Waals surface area (Å²) in [6.07, 6.45) is 8.79. The van der Waals surface area contributed by atoms with Gasteiger partial charge in [-0.3, -0.25) is 15.0 Å². The van der Waals surface area contributed by atoms with Gasteiger partial charge < -0.3 is 4.74 Å². The Morgan fingerprint density at radius 3 is 2.88 bits per heavy atom. The van der Waals surface area contributed by atoms with E-state index < -0.39 is 0 Å². The molecule has 0 aromatic carbocycles. The Labute approximate surface area is 100 Å². The van der Waals surface area contributed by atoms with Crippen LogP contribution in [0.3, 0.4) is 0 Å². The average molecular weight is 236 g/mol. The molecule has 0 saturated carbocycles. The summed E-state index contributed by atoms with van der Waals surface area (Å²) in [6, 6.07) is 0. The number of nitro groups is 1. The second-order valence-corrected chi connectivity index (χ2v) is 4.17. The minimum Gasteiger partial charge on any atom is -0.379 e. The molecule has 1 heterocycles. The average Bonchev–Trinajstić information content (AvgIpc) is 2.56. The van der Waals surface area contributed by atoms with Crippen LogP contribution in [0.1, 0.15) is 0 Å². The maximum absolute atomic E-state index is 10.6. The van der Waals surface area contributed by atoms with Crippen LogP contribution in [-0.2, 0) is 4.74 Å². The van der Waals surface area contributed by atoms with Gasteiger partial charge in [0.25, 0.3) is 5.70 Å². The molecule has 0 radical (unpaired) electrons. The molecule has 1 saturated heterocycles. The summed E-state index contributed by atoms with van der Waals surface area (Å²) in [6.45, 7) is 4.33. The third-order valence-corrected chi connectivity index (χ3v) is 2.92.